The Labute approximate surface area is 196 Å². The summed E-state index contributed by atoms with van der Waals surface area (Å²) in [5.41, 5.74) is 4.57. The Bertz CT molecular complexity index is 1060. The van der Waals surface area contributed by atoms with E-state index in [1.165, 1.54) is 0 Å². The van der Waals surface area contributed by atoms with Gasteiger partial charge >= 0.3 is 6.09 Å². The van der Waals surface area contributed by atoms with E-state index in [9.17, 15) is 9.90 Å². The van der Waals surface area contributed by atoms with Gasteiger partial charge in [0, 0.05) is 38.5 Å². The third-order valence-electron chi connectivity index (χ3n) is 6.75. The molecule has 1 amide bonds. The van der Waals surface area contributed by atoms with Crippen LogP contribution in [0, 0.1) is 0 Å². The van der Waals surface area contributed by atoms with Gasteiger partial charge in [-0.05, 0) is 48.1 Å². The molecule has 1 fully saturated rings. The average Bonchev–Trinajstić information content (AvgIpc) is 2.85. The molecule has 2 aromatic carbocycles. The van der Waals surface area contributed by atoms with Gasteiger partial charge in [0.25, 0.3) is 0 Å². The molecule has 1 saturated heterocycles. The van der Waals surface area contributed by atoms with Gasteiger partial charge < -0.3 is 19.6 Å². The quantitative estimate of drug-likeness (QED) is 0.603. The van der Waals surface area contributed by atoms with Gasteiger partial charge in [0.1, 0.15) is 5.60 Å². The van der Waals surface area contributed by atoms with Crippen molar-refractivity contribution in [2.45, 2.75) is 37.8 Å². The van der Waals surface area contributed by atoms with E-state index in [1.54, 1.807) is 4.90 Å². The Morgan fingerprint density at radius 1 is 1.12 bits per heavy atom. The van der Waals surface area contributed by atoms with Crippen LogP contribution >= 0.6 is 0 Å². The molecule has 2 aliphatic rings. The number of ether oxygens (including phenoxy) is 1. The van der Waals surface area contributed by atoms with Crippen LogP contribution in [0.5, 0.6) is 0 Å². The van der Waals surface area contributed by atoms with E-state index in [-0.39, 0.29) is 18.7 Å². The number of hydrogen-bond donors (Lipinski definition) is 1. The summed E-state index contributed by atoms with van der Waals surface area (Å²) >= 11 is 0. The minimum Gasteiger partial charge on any atom is -0.438 e. The number of allylic oxidation sites excluding steroid dienone is 3. The zero-order valence-electron chi connectivity index (χ0n) is 19.4. The molecule has 2 heterocycles. The van der Waals surface area contributed by atoms with E-state index in [0.29, 0.717) is 25.8 Å². The molecule has 5 nitrogen and oxygen atoms in total. The number of carbonyl (C=O) groups excluding carboxylic acids is 1. The topological polar surface area (TPSA) is 53.0 Å². The second-order valence-electron chi connectivity index (χ2n) is 8.82. The fourth-order valence-corrected chi connectivity index (χ4v) is 4.59. The predicted molar refractivity (Wildman–Crippen MR) is 131 cm³/mol. The van der Waals surface area contributed by atoms with Gasteiger partial charge in [-0.3, -0.25) is 0 Å². The molecule has 4 rings (SSSR count). The minimum atomic E-state index is -0.684. The highest BCUT2D eigenvalue weighted by Crippen LogP contribution is 2.40. The van der Waals surface area contributed by atoms with E-state index in [1.807, 2.05) is 55.3 Å². The van der Waals surface area contributed by atoms with Crippen LogP contribution in [-0.2, 0) is 10.3 Å². The molecule has 33 heavy (non-hydrogen) atoms. The number of hydrogen-bond acceptors (Lipinski definition) is 4. The zero-order chi connectivity index (χ0) is 23.4. The number of benzene rings is 2. The summed E-state index contributed by atoms with van der Waals surface area (Å²) in [5.74, 6) is 0. The number of aliphatic hydroxyl groups excluding tert-OH is 1. The molecule has 0 bridgehead atoms. The first-order valence-corrected chi connectivity index (χ1v) is 11.5. The first kappa shape index (κ1) is 22.9. The zero-order valence-corrected chi connectivity index (χ0v) is 19.4. The van der Waals surface area contributed by atoms with Crippen molar-refractivity contribution in [1.29, 1.82) is 0 Å². The van der Waals surface area contributed by atoms with Gasteiger partial charge in [0.05, 0.1) is 6.04 Å². The lowest BCUT2D eigenvalue weighted by molar-refractivity contribution is -0.0680. The summed E-state index contributed by atoms with van der Waals surface area (Å²) in [4.78, 5) is 17.0. The molecule has 5 heteroatoms. The lowest BCUT2D eigenvalue weighted by Gasteiger charge is -2.43. The highest BCUT2D eigenvalue weighted by molar-refractivity contribution is 5.76. The van der Waals surface area contributed by atoms with Crippen LogP contribution in [0.25, 0.3) is 5.57 Å². The monoisotopic (exact) mass is 444 g/mol. The molecule has 0 unspecified atom stereocenters. The third kappa shape index (κ3) is 4.74. The van der Waals surface area contributed by atoms with Crippen LogP contribution in [0.1, 0.15) is 48.9 Å². The fraction of sp³-hybridized carbons (Fsp3) is 0.321. The smallest absolute Gasteiger partial charge is 0.411 e. The van der Waals surface area contributed by atoms with Crippen LogP contribution in [0.15, 0.2) is 85.2 Å². The Hall–Kier alpha value is -3.31. The normalized spacial score (nSPS) is 21.6. The van der Waals surface area contributed by atoms with Crippen molar-refractivity contribution in [3.8, 4) is 0 Å². The lowest BCUT2D eigenvalue weighted by Crippen LogP contribution is -2.48. The lowest BCUT2D eigenvalue weighted by atomic mass is 9.84. The number of cyclic esters (lactones) is 1. The van der Waals surface area contributed by atoms with Crippen molar-refractivity contribution in [3.05, 3.63) is 102 Å². The fourth-order valence-electron chi connectivity index (χ4n) is 4.59. The van der Waals surface area contributed by atoms with E-state index in [4.69, 9.17) is 4.74 Å². The molecule has 0 aromatic heterocycles. The van der Waals surface area contributed by atoms with Gasteiger partial charge in [-0.15, -0.1) is 0 Å². The number of carbonyl (C=O) groups is 1. The van der Waals surface area contributed by atoms with E-state index >= 15 is 0 Å². The van der Waals surface area contributed by atoms with Crippen LogP contribution in [-0.4, -0.2) is 41.2 Å². The molecular weight excluding hydrogens is 412 g/mol. The molecule has 172 valence electrons. The Kier molecular flexibility index (Phi) is 6.70. The molecule has 2 aliphatic heterocycles. The first-order valence-electron chi connectivity index (χ1n) is 11.5. The van der Waals surface area contributed by atoms with Crippen molar-refractivity contribution in [1.82, 2.24) is 9.80 Å². The van der Waals surface area contributed by atoms with E-state index in [0.717, 1.165) is 28.0 Å². The van der Waals surface area contributed by atoms with Crippen molar-refractivity contribution in [2.75, 3.05) is 20.2 Å². The van der Waals surface area contributed by atoms with Gasteiger partial charge in [0.2, 0.25) is 0 Å². The average molecular weight is 445 g/mol. The van der Waals surface area contributed by atoms with Gasteiger partial charge in [-0.25, -0.2) is 4.79 Å². The number of nitrogens with zero attached hydrogens (tertiary/aromatic N) is 2. The molecule has 0 aliphatic carbocycles. The van der Waals surface area contributed by atoms with Crippen LogP contribution < -0.4 is 0 Å². The summed E-state index contributed by atoms with van der Waals surface area (Å²) in [6.45, 7) is 6.71. The molecule has 0 spiro atoms. The van der Waals surface area contributed by atoms with Crippen molar-refractivity contribution < 1.29 is 14.6 Å². The molecular formula is C28H32N2O3. The van der Waals surface area contributed by atoms with Crippen molar-refractivity contribution in [3.63, 3.8) is 0 Å². The predicted octanol–water partition coefficient (Wildman–Crippen LogP) is 5.61. The number of rotatable bonds is 7. The van der Waals surface area contributed by atoms with Crippen LogP contribution in [0.2, 0.25) is 0 Å². The first-order chi connectivity index (χ1) is 15.9. The summed E-state index contributed by atoms with van der Waals surface area (Å²) in [5, 5.41) is 9.39. The second kappa shape index (κ2) is 9.67. The highest BCUT2D eigenvalue weighted by atomic mass is 16.6. The molecule has 2 aromatic rings. The molecule has 0 saturated carbocycles. The molecule has 0 radical (unpaired) electrons. The van der Waals surface area contributed by atoms with Crippen molar-refractivity contribution >= 4 is 11.7 Å². The van der Waals surface area contributed by atoms with E-state index < -0.39 is 5.60 Å². The maximum absolute atomic E-state index is 13.2. The van der Waals surface area contributed by atoms with Crippen LogP contribution in [0.4, 0.5) is 4.79 Å². The maximum atomic E-state index is 13.2. The number of amides is 1. The number of aliphatic hydroxyl groups is 1. The minimum absolute atomic E-state index is 0.0775. The Balaban J connectivity index is 1.49. The standard InChI is InChI=1S/C28H32N2O3/c1-21-10-11-25(20-29(21)3)24-14-12-23(13-15-24)22(2)30-18-17-28(16-7-19-31,33-27(30)32)26-8-5-4-6-9-26/h4-6,8-15,20,22,31H,1,7,16-19H2,2-3H3/t22-,28+/m0/s1. The number of likely N-dealkylation sites (N-methyl/N-ethyl adjacent to an activating group) is 1. The largest absolute Gasteiger partial charge is 0.438 e. The van der Waals surface area contributed by atoms with Gasteiger partial charge in [-0.2, -0.15) is 0 Å². The van der Waals surface area contributed by atoms with Crippen LogP contribution in [0.3, 0.4) is 0 Å². The summed E-state index contributed by atoms with van der Waals surface area (Å²) in [7, 11) is 1.99. The Morgan fingerprint density at radius 3 is 2.48 bits per heavy atom. The summed E-state index contributed by atoms with van der Waals surface area (Å²) in [6, 6.07) is 18.1. The maximum Gasteiger partial charge on any atom is 0.411 e. The molecule has 1 N–H and O–H groups in total. The van der Waals surface area contributed by atoms with Gasteiger partial charge in [-0.1, -0.05) is 67.3 Å². The third-order valence-corrected chi connectivity index (χ3v) is 6.75. The van der Waals surface area contributed by atoms with Gasteiger partial charge in [0.15, 0.2) is 0 Å². The highest BCUT2D eigenvalue weighted by Gasteiger charge is 2.43. The molecule has 2 atom stereocenters. The summed E-state index contributed by atoms with van der Waals surface area (Å²) in [6.07, 6.45) is 7.73. The Morgan fingerprint density at radius 2 is 1.85 bits per heavy atom. The SMILES string of the molecule is C=C1C=CC(c2ccc([C@H](C)N3CC[C@](CCCO)(c4ccccc4)OC3=O)cc2)=CN1C. The summed E-state index contributed by atoms with van der Waals surface area (Å²) < 4.78 is 6.10. The van der Waals surface area contributed by atoms with E-state index in [2.05, 4.69) is 43.1 Å². The second-order valence-corrected chi connectivity index (χ2v) is 8.82. The van der Waals surface area contributed by atoms with Crippen molar-refractivity contribution in [2.24, 2.45) is 0 Å².